The number of quaternary nitrogens is 1. The molecule has 3 heteroatoms. The summed E-state index contributed by atoms with van der Waals surface area (Å²) in [5, 5.41) is 3.06. The summed E-state index contributed by atoms with van der Waals surface area (Å²) in [5.74, 6) is 0.146. The van der Waals surface area contributed by atoms with Crippen molar-refractivity contribution in [2.24, 2.45) is 0 Å². The van der Waals surface area contributed by atoms with Crippen molar-refractivity contribution in [3.8, 4) is 0 Å². The Labute approximate surface area is 122 Å². The number of hydrogen-bond donors (Lipinski definition) is 2. The summed E-state index contributed by atoms with van der Waals surface area (Å²) < 4.78 is 0. The van der Waals surface area contributed by atoms with Gasteiger partial charge in [0.25, 0.3) is 5.91 Å². The molecule has 2 N–H and O–H groups in total. The monoisotopic (exact) mass is 275 g/mol. The zero-order chi connectivity index (χ0) is 14.4. The summed E-state index contributed by atoms with van der Waals surface area (Å²) in [6.07, 6.45) is 6.52. The van der Waals surface area contributed by atoms with Crippen LogP contribution in [0.2, 0.25) is 0 Å². The average Bonchev–Trinajstić information content (AvgIpc) is 2.36. The number of amides is 1. The summed E-state index contributed by atoms with van der Waals surface area (Å²) in [7, 11) is 0. The lowest BCUT2D eigenvalue weighted by molar-refractivity contribution is -0.892. The van der Waals surface area contributed by atoms with E-state index >= 15 is 0 Å². The first-order chi connectivity index (χ1) is 9.65. The normalized spacial score (nSPS) is 17.3. The van der Waals surface area contributed by atoms with Gasteiger partial charge in [-0.1, -0.05) is 24.1 Å². The van der Waals surface area contributed by atoms with Gasteiger partial charge in [-0.2, -0.15) is 0 Å². The maximum atomic E-state index is 12.2. The second-order valence-corrected chi connectivity index (χ2v) is 6.06. The number of rotatable bonds is 3. The molecule has 0 aromatic heterocycles. The lowest BCUT2D eigenvalue weighted by atomic mass is 10.1. The first-order valence-corrected chi connectivity index (χ1v) is 7.86. The van der Waals surface area contributed by atoms with Crippen LogP contribution >= 0.6 is 0 Å². The van der Waals surface area contributed by atoms with E-state index in [4.69, 9.17) is 0 Å². The highest BCUT2D eigenvalue weighted by Gasteiger charge is 2.16. The Morgan fingerprint density at radius 2 is 1.75 bits per heavy atom. The summed E-state index contributed by atoms with van der Waals surface area (Å²) in [6, 6.07) is 6.16. The van der Waals surface area contributed by atoms with E-state index < -0.39 is 0 Å². The zero-order valence-corrected chi connectivity index (χ0v) is 12.8. The minimum Gasteiger partial charge on any atom is -0.327 e. The molecule has 0 bridgehead atoms. The van der Waals surface area contributed by atoms with Crippen molar-refractivity contribution in [2.45, 2.75) is 46.0 Å². The standard InChI is InChI=1S/C17H26N2O/c1-14-8-9-16(15(2)12-14)18-17(20)13-19-10-6-4-3-5-7-11-19/h8-9,12H,3-7,10-11,13H2,1-2H3,(H,18,20)/p+1. The highest BCUT2D eigenvalue weighted by molar-refractivity contribution is 5.92. The fraction of sp³-hybridized carbons (Fsp3) is 0.588. The number of benzene rings is 1. The fourth-order valence-corrected chi connectivity index (χ4v) is 2.96. The van der Waals surface area contributed by atoms with Gasteiger partial charge in [-0.05, 0) is 51.2 Å². The molecule has 1 saturated heterocycles. The maximum absolute atomic E-state index is 12.2. The highest BCUT2D eigenvalue weighted by atomic mass is 16.2. The lowest BCUT2D eigenvalue weighted by Gasteiger charge is -2.21. The summed E-state index contributed by atoms with van der Waals surface area (Å²) in [6.45, 7) is 7.00. The molecule has 1 heterocycles. The minimum atomic E-state index is 0.146. The third kappa shape index (κ3) is 4.64. The molecule has 1 amide bonds. The van der Waals surface area contributed by atoms with Gasteiger partial charge >= 0.3 is 0 Å². The molecule has 1 aromatic carbocycles. The highest BCUT2D eigenvalue weighted by Crippen LogP contribution is 2.15. The van der Waals surface area contributed by atoms with E-state index in [0.29, 0.717) is 6.54 Å². The molecule has 0 atom stereocenters. The number of carbonyl (C=O) groups excluding carboxylic acids is 1. The smallest absolute Gasteiger partial charge is 0.279 e. The molecule has 1 aliphatic rings. The molecule has 3 nitrogen and oxygen atoms in total. The van der Waals surface area contributed by atoms with E-state index in [9.17, 15) is 4.79 Å². The molecule has 0 spiro atoms. The van der Waals surface area contributed by atoms with E-state index in [0.717, 1.165) is 24.3 Å². The van der Waals surface area contributed by atoms with Gasteiger partial charge < -0.3 is 10.2 Å². The van der Waals surface area contributed by atoms with Crippen molar-refractivity contribution in [3.63, 3.8) is 0 Å². The maximum Gasteiger partial charge on any atom is 0.279 e. The fourth-order valence-electron chi connectivity index (χ4n) is 2.96. The van der Waals surface area contributed by atoms with Gasteiger partial charge in [0.2, 0.25) is 0 Å². The lowest BCUT2D eigenvalue weighted by Crippen LogP contribution is -3.13. The number of carbonyl (C=O) groups is 1. The molecule has 20 heavy (non-hydrogen) atoms. The number of likely N-dealkylation sites (tertiary alicyclic amines) is 1. The van der Waals surface area contributed by atoms with E-state index in [1.807, 2.05) is 19.1 Å². The van der Waals surface area contributed by atoms with E-state index in [-0.39, 0.29) is 5.91 Å². The van der Waals surface area contributed by atoms with Gasteiger partial charge in [0.05, 0.1) is 13.1 Å². The van der Waals surface area contributed by atoms with Crippen molar-refractivity contribution in [2.75, 3.05) is 25.0 Å². The van der Waals surface area contributed by atoms with Crippen molar-refractivity contribution in [3.05, 3.63) is 29.3 Å². The number of aryl methyl sites for hydroxylation is 2. The summed E-state index contributed by atoms with van der Waals surface area (Å²) >= 11 is 0. The quantitative estimate of drug-likeness (QED) is 0.870. The van der Waals surface area contributed by atoms with Crippen molar-refractivity contribution in [1.29, 1.82) is 0 Å². The van der Waals surface area contributed by atoms with E-state index in [2.05, 4.69) is 18.3 Å². The first kappa shape index (κ1) is 15.0. The molecular formula is C17H27N2O+. The second-order valence-electron chi connectivity index (χ2n) is 6.06. The molecule has 0 aliphatic carbocycles. The Hall–Kier alpha value is -1.35. The predicted molar refractivity (Wildman–Crippen MR) is 83.2 cm³/mol. The Balaban J connectivity index is 1.87. The van der Waals surface area contributed by atoms with E-state index in [1.165, 1.54) is 42.6 Å². The van der Waals surface area contributed by atoms with Gasteiger partial charge in [0, 0.05) is 5.69 Å². The van der Waals surface area contributed by atoms with Gasteiger partial charge in [-0.3, -0.25) is 4.79 Å². The van der Waals surface area contributed by atoms with Crippen LogP contribution in [-0.4, -0.2) is 25.5 Å². The molecule has 1 fully saturated rings. The molecule has 0 unspecified atom stereocenters. The largest absolute Gasteiger partial charge is 0.327 e. The average molecular weight is 275 g/mol. The van der Waals surface area contributed by atoms with Gasteiger partial charge in [0.1, 0.15) is 0 Å². The van der Waals surface area contributed by atoms with Crippen LogP contribution in [0.3, 0.4) is 0 Å². The van der Waals surface area contributed by atoms with Gasteiger partial charge in [-0.15, -0.1) is 0 Å². The minimum absolute atomic E-state index is 0.146. The second kappa shape index (κ2) is 7.44. The van der Waals surface area contributed by atoms with Crippen LogP contribution in [0.15, 0.2) is 18.2 Å². The third-order valence-corrected chi connectivity index (χ3v) is 4.13. The Kier molecular flexibility index (Phi) is 5.60. The summed E-state index contributed by atoms with van der Waals surface area (Å²) in [5.41, 5.74) is 3.32. The molecule has 0 radical (unpaired) electrons. The van der Waals surface area contributed by atoms with Crippen LogP contribution in [0.5, 0.6) is 0 Å². The van der Waals surface area contributed by atoms with Crippen LogP contribution in [0.1, 0.15) is 43.2 Å². The predicted octanol–water partition coefficient (Wildman–Crippen LogP) is 2.09. The number of hydrogen-bond acceptors (Lipinski definition) is 1. The van der Waals surface area contributed by atoms with Crippen LogP contribution in [-0.2, 0) is 4.79 Å². The molecular weight excluding hydrogens is 248 g/mol. The Morgan fingerprint density at radius 1 is 1.10 bits per heavy atom. The number of nitrogens with one attached hydrogen (secondary N) is 2. The van der Waals surface area contributed by atoms with E-state index in [1.54, 1.807) is 0 Å². The van der Waals surface area contributed by atoms with Crippen LogP contribution in [0, 0.1) is 13.8 Å². The summed E-state index contributed by atoms with van der Waals surface area (Å²) in [4.78, 5) is 13.6. The SMILES string of the molecule is Cc1ccc(NC(=O)C[NH+]2CCCCCCC2)c(C)c1. The van der Waals surface area contributed by atoms with Gasteiger partial charge in [0.15, 0.2) is 6.54 Å². The van der Waals surface area contributed by atoms with Crippen molar-refractivity contribution < 1.29 is 9.69 Å². The molecule has 0 saturated carbocycles. The topological polar surface area (TPSA) is 33.5 Å². The van der Waals surface area contributed by atoms with Crippen LogP contribution < -0.4 is 10.2 Å². The Morgan fingerprint density at radius 3 is 2.40 bits per heavy atom. The van der Waals surface area contributed by atoms with Crippen molar-refractivity contribution >= 4 is 11.6 Å². The van der Waals surface area contributed by atoms with Crippen molar-refractivity contribution in [1.82, 2.24) is 0 Å². The zero-order valence-electron chi connectivity index (χ0n) is 12.8. The molecule has 2 rings (SSSR count). The molecule has 1 aliphatic heterocycles. The molecule has 110 valence electrons. The first-order valence-electron chi connectivity index (χ1n) is 7.86. The van der Waals surface area contributed by atoms with Crippen LogP contribution in [0.25, 0.3) is 0 Å². The molecule has 1 aromatic rings. The number of anilines is 1. The third-order valence-electron chi connectivity index (χ3n) is 4.13. The van der Waals surface area contributed by atoms with Gasteiger partial charge in [-0.25, -0.2) is 0 Å². The Bertz CT molecular complexity index is 448. The van der Waals surface area contributed by atoms with Crippen LogP contribution in [0.4, 0.5) is 5.69 Å².